The van der Waals surface area contributed by atoms with Crippen LogP contribution in [0.4, 0.5) is 0 Å². The van der Waals surface area contributed by atoms with Crippen LogP contribution in [0.5, 0.6) is 0 Å². The van der Waals surface area contributed by atoms with Gasteiger partial charge in [-0.05, 0) is 110 Å². The Balaban J connectivity index is 5.35. The van der Waals surface area contributed by atoms with Crippen LogP contribution in [0.2, 0.25) is 0 Å². The molecule has 0 aliphatic carbocycles. The van der Waals surface area contributed by atoms with Gasteiger partial charge in [0.05, 0.1) is 0 Å². The van der Waals surface area contributed by atoms with E-state index in [1.54, 1.807) is 0 Å². The summed E-state index contributed by atoms with van der Waals surface area (Å²) in [7, 11) is 0. The predicted octanol–water partition coefficient (Wildman–Crippen LogP) is 3.41. The molecule has 0 aromatic carbocycles. The fourth-order valence-electron chi connectivity index (χ4n) is 6.45. The summed E-state index contributed by atoms with van der Waals surface area (Å²) in [6, 6.07) is -3.69. The van der Waals surface area contributed by atoms with Crippen LogP contribution in [0, 0.1) is 0 Å². The molecular formula is C40H81N9O5. The summed E-state index contributed by atoms with van der Waals surface area (Å²) >= 11 is 0. The molecule has 0 aromatic heterocycles. The molecule has 0 radical (unpaired) electrons. The molecule has 0 aromatic rings. The summed E-state index contributed by atoms with van der Waals surface area (Å²) < 4.78 is 0. The second kappa shape index (κ2) is 35.9. The number of primary amides is 1. The third-order valence-electron chi connectivity index (χ3n) is 9.87. The number of carbonyl (C=O) groups excluding carboxylic acids is 5. The van der Waals surface area contributed by atoms with Crippen molar-refractivity contribution in [3.05, 3.63) is 0 Å². The lowest BCUT2D eigenvalue weighted by Crippen LogP contribution is -2.58. The van der Waals surface area contributed by atoms with Crippen molar-refractivity contribution >= 4 is 29.5 Å². The largest absolute Gasteiger partial charge is 0.368 e. The average molecular weight is 768 g/mol. The van der Waals surface area contributed by atoms with Gasteiger partial charge in [0.2, 0.25) is 29.5 Å². The van der Waals surface area contributed by atoms with Gasteiger partial charge in [-0.2, -0.15) is 0 Å². The van der Waals surface area contributed by atoms with E-state index in [1.807, 2.05) is 0 Å². The van der Waals surface area contributed by atoms with Gasteiger partial charge in [-0.15, -0.1) is 0 Å². The quantitative estimate of drug-likeness (QED) is 0.0416. The van der Waals surface area contributed by atoms with E-state index in [9.17, 15) is 24.0 Å². The van der Waals surface area contributed by atoms with Crippen LogP contribution >= 0.6 is 0 Å². The lowest BCUT2D eigenvalue weighted by molar-refractivity contribution is -0.134. The Morgan fingerprint density at radius 2 is 0.685 bits per heavy atom. The van der Waals surface area contributed by atoms with Gasteiger partial charge in [0.25, 0.3) is 0 Å². The molecule has 0 saturated heterocycles. The standard InChI is InChI=1S/C40H81N9O5/c1-2-3-4-5-6-7-8-9-10-11-12-13-14-27-36(50)46-33(24-16-20-29-42)38(52)48-35(26-18-22-31-44)40(54)49-34(25-17-21-30-43)39(53)47-32(37(45)51)23-15-19-28-41/h32-35H,2-31,41-44H2,1H3,(H2,45,51)(H,46,50)(H,47,53)(H,48,52)(H,49,54). The van der Waals surface area contributed by atoms with Gasteiger partial charge in [-0.3, -0.25) is 24.0 Å². The molecule has 14 nitrogen and oxygen atoms in total. The summed E-state index contributed by atoms with van der Waals surface area (Å²) in [5.74, 6) is -2.40. The van der Waals surface area contributed by atoms with Crippen molar-refractivity contribution in [3.63, 3.8) is 0 Å². The molecule has 0 heterocycles. The van der Waals surface area contributed by atoms with Crippen molar-refractivity contribution in [2.24, 2.45) is 28.7 Å². The number of unbranched alkanes of at least 4 members (excludes halogenated alkanes) is 16. The molecule has 0 saturated carbocycles. The van der Waals surface area contributed by atoms with Crippen molar-refractivity contribution in [1.29, 1.82) is 0 Å². The van der Waals surface area contributed by atoms with E-state index in [0.29, 0.717) is 96.8 Å². The molecular weight excluding hydrogens is 686 g/mol. The van der Waals surface area contributed by atoms with Crippen molar-refractivity contribution < 1.29 is 24.0 Å². The monoisotopic (exact) mass is 768 g/mol. The summed E-state index contributed by atoms with van der Waals surface area (Å²) in [6.45, 7) is 3.99. The molecule has 0 bridgehead atoms. The Bertz CT molecular complexity index is 987. The zero-order valence-electron chi connectivity index (χ0n) is 34.0. The number of hydrogen-bond donors (Lipinski definition) is 9. The SMILES string of the molecule is CCCCCCCCCCCCCCCC(=O)NC(CCCCN)C(=O)NC(CCCCN)C(=O)NC(CCCCN)C(=O)NC(CCCCN)C(N)=O. The van der Waals surface area contributed by atoms with E-state index in [2.05, 4.69) is 28.2 Å². The third kappa shape index (κ3) is 27.7. The molecule has 5 amide bonds. The minimum Gasteiger partial charge on any atom is -0.368 e. The Morgan fingerprint density at radius 1 is 0.389 bits per heavy atom. The number of hydrogen-bond acceptors (Lipinski definition) is 9. The summed E-state index contributed by atoms with van der Waals surface area (Å²) in [5.41, 5.74) is 28.3. The van der Waals surface area contributed by atoms with E-state index >= 15 is 0 Å². The zero-order chi connectivity index (χ0) is 40.2. The molecule has 4 atom stereocenters. The minimum absolute atomic E-state index is 0.192. The maximum absolute atomic E-state index is 13.7. The normalized spacial score (nSPS) is 13.4. The van der Waals surface area contributed by atoms with Gasteiger partial charge in [0.1, 0.15) is 24.2 Å². The van der Waals surface area contributed by atoms with E-state index in [4.69, 9.17) is 28.7 Å². The van der Waals surface area contributed by atoms with Gasteiger partial charge >= 0.3 is 0 Å². The summed E-state index contributed by atoms with van der Waals surface area (Å²) in [4.78, 5) is 65.9. The molecule has 316 valence electrons. The Morgan fingerprint density at radius 3 is 1.02 bits per heavy atom. The first kappa shape index (κ1) is 51.2. The van der Waals surface area contributed by atoms with E-state index in [1.165, 1.54) is 64.2 Å². The third-order valence-corrected chi connectivity index (χ3v) is 9.87. The smallest absolute Gasteiger partial charge is 0.243 e. The highest BCUT2D eigenvalue weighted by molar-refractivity contribution is 5.95. The van der Waals surface area contributed by atoms with E-state index in [-0.39, 0.29) is 18.7 Å². The van der Waals surface area contributed by atoms with Gasteiger partial charge in [0.15, 0.2) is 0 Å². The Kier molecular flexibility index (Phi) is 34.0. The average Bonchev–Trinajstić information content (AvgIpc) is 3.15. The van der Waals surface area contributed by atoms with Crippen LogP contribution in [0.3, 0.4) is 0 Å². The molecule has 0 rings (SSSR count). The molecule has 14 heteroatoms. The van der Waals surface area contributed by atoms with Gasteiger partial charge in [-0.25, -0.2) is 0 Å². The van der Waals surface area contributed by atoms with E-state index < -0.39 is 47.8 Å². The second-order valence-corrected chi connectivity index (χ2v) is 14.8. The highest BCUT2D eigenvalue weighted by Gasteiger charge is 2.30. The summed E-state index contributed by atoms with van der Waals surface area (Å²) in [5, 5.41) is 11.3. The molecule has 0 spiro atoms. The van der Waals surface area contributed by atoms with Gasteiger partial charge in [0, 0.05) is 6.42 Å². The first-order valence-corrected chi connectivity index (χ1v) is 21.4. The molecule has 54 heavy (non-hydrogen) atoms. The maximum Gasteiger partial charge on any atom is 0.243 e. The van der Waals surface area contributed by atoms with Crippen LogP contribution in [0.25, 0.3) is 0 Å². The van der Waals surface area contributed by atoms with Crippen molar-refractivity contribution in [2.75, 3.05) is 26.2 Å². The lowest BCUT2D eigenvalue weighted by atomic mass is 10.0. The maximum atomic E-state index is 13.7. The molecule has 0 fully saturated rings. The first-order valence-electron chi connectivity index (χ1n) is 21.4. The fraction of sp³-hybridized carbons (Fsp3) is 0.875. The Labute approximate surface area is 327 Å². The topological polar surface area (TPSA) is 264 Å². The van der Waals surface area contributed by atoms with E-state index in [0.717, 1.165) is 19.3 Å². The number of nitrogens with two attached hydrogens (primary N) is 5. The van der Waals surface area contributed by atoms with Gasteiger partial charge < -0.3 is 49.9 Å². The van der Waals surface area contributed by atoms with Crippen molar-refractivity contribution in [2.45, 2.75) is 198 Å². The number of carbonyl (C=O) groups is 5. The van der Waals surface area contributed by atoms with Crippen LogP contribution in [-0.4, -0.2) is 79.9 Å². The predicted molar refractivity (Wildman–Crippen MR) is 219 cm³/mol. The van der Waals surface area contributed by atoms with Crippen LogP contribution in [0.15, 0.2) is 0 Å². The second-order valence-electron chi connectivity index (χ2n) is 14.8. The lowest BCUT2D eigenvalue weighted by Gasteiger charge is -2.26. The molecule has 14 N–H and O–H groups in total. The minimum atomic E-state index is -0.977. The van der Waals surface area contributed by atoms with Crippen LogP contribution < -0.4 is 49.9 Å². The number of nitrogens with one attached hydrogen (secondary N) is 4. The van der Waals surface area contributed by atoms with Crippen molar-refractivity contribution in [1.82, 2.24) is 21.3 Å². The van der Waals surface area contributed by atoms with Crippen LogP contribution in [0.1, 0.15) is 174 Å². The zero-order valence-corrected chi connectivity index (χ0v) is 34.0. The number of rotatable bonds is 38. The summed E-state index contributed by atoms with van der Waals surface area (Å²) in [6.07, 6.45) is 22.4. The first-order chi connectivity index (χ1) is 26.1. The molecule has 0 aliphatic rings. The molecule has 0 aliphatic heterocycles. The molecule has 4 unspecified atom stereocenters. The van der Waals surface area contributed by atoms with Gasteiger partial charge in [-0.1, -0.05) is 84.0 Å². The fourth-order valence-corrected chi connectivity index (χ4v) is 6.45. The highest BCUT2D eigenvalue weighted by Crippen LogP contribution is 2.14. The van der Waals surface area contributed by atoms with Crippen molar-refractivity contribution in [3.8, 4) is 0 Å². The highest BCUT2D eigenvalue weighted by atomic mass is 16.2. The Hall–Kier alpha value is -2.81. The number of amides is 5. The van der Waals surface area contributed by atoms with Crippen LogP contribution in [-0.2, 0) is 24.0 Å².